The minimum absolute atomic E-state index is 0.0359. The van der Waals surface area contributed by atoms with E-state index >= 15 is 0 Å². The van der Waals surface area contributed by atoms with E-state index in [1.54, 1.807) is 36.9 Å². The third kappa shape index (κ3) is 6.56. The lowest BCUT2D eigenvalue weighted by atomic mass is 10.1. The van der Waals surface area contributed by atoms with E-state index in [1.165, 1.54) is 11.2 Å². The maximum Gasteiger partial charge on any atom is 0.303 e. The van der Waals surface area contributed by atoms with E-state index in [9.17, 15) is 14.4 Å². The molecule has 1 aromatic heterocycles. The van der Waals surface area contributed by atoms with Crippen molar-refractivity contribution in [3.63, 3.8) is 0 Å². The molecule has 10 heteroatoms. The predicted octanol–water partition coefficient (Wildman–Crippen LogP) is 2.87. The van der Waals surface area contributed by atoms with E-state index in [0.29, 0.717) is 42.8 Å². The van der Waals surface area contributed by atoms with Crippen molar-refractivity contribution >= 4 is 23.5 Å². The van der Waals surface area contributed by atoms with E-state index in [1.807, 2.05) is 30.3 Å². The van der Waals surface area contributed by atoms with Gasteiger partial charge in [0.25, 0.3) is 11.8 Å². The van der Waals surface area contributed by atoms with E-state index < -0.39 is 24.0 Å². The predicted molar refractivity (Wildman–Crippen MR) is 140 cm³/mol. The zero-order valence-corrected chi connectivity index (χ0v) is 21.3. The molecule has 2 amide bonds. The fraction of sp³-hybridized carbons (Fsp3) is 0.321. The van der Waals surface area contributed by atoms with E-state index in [-0.39, 0.29) is 18.2 Å². The van der Waals surface area contributed by atoms with Gasteiger partial charge in [0.2, 0.25) is 5.82 Å². The number of amides is 2. The largest absolute Gasteiger partial charge is 0.486 e. The van der Waals surface area contributed by atoms with Crippen molar-refractivity contribution in [1.82, 2.24) is 20.1 Å². The smallest absolute Gasteiger partial charge is 0.303 e. The zero-order valence-electron chi connectivity index (χ0n) is 21.3. The number of carbonyl (C=O) groups is 3. The van der Waals surface area contributed by atoms with Crippen molar-refractivity contribution in [2.75, 3.05) is 11.9 Å². The fourth-order valence-corrected chi connectivity index (χ4v) is 4.04. The Kier molecular flexibility index (Phi) is 8.38. The Morgan fingerprint density at radius 2 is 1.95 bits per heavy atom. The number of rotatable bonds is 8. The quantitative estimate of drug-likeness (QED) is 0.349. The van der Waals surface area contributed by atoms with Gasteiger partial charge in [0.15, 0.2) is 0 Å². The molecule has 4 rings (SSSR count). The maximum absolute atomic E-state index is 13.3. The molecule has 0 unspecified atom stereocenters. The average molecular weight is 516 g/mol. The van der Waals surface area contributed by atoms with Crippen LogP contribution in [0.1, 0.15) is 54.4 Å². The third-order valence-corrected chi connectivity index (χ3v) is 6.09. The number of ether oxygens (including phenoxy) is 1. The molecule has 2 aromatic carbocycles. The second-order valence-electron chi connectivity index (χ2n) is 9.01. The molecule has 0 radical (unpaired) electrons. The van der Waals surface area contributed by atoms with Gasteiger partial charge in [0.1, 0.15) is 24.2 Å². The van der Waals surface area contributed by atoms with Gasteiger partial charge in [-0.1, -0.05) is 42.2 Å². The Bertz CT molecular complexity index is 1380. The van der Waals surface area contributed by atoms with E-state index in [2.05, 4.69) is 27.2 Å². The molecule has 3 aromatic rings. The SMILES string of the molecule is C[C@H]1Oc2ccc(C#CCCCCC(=O)O)cc2N(C)C(=O)[C@H]1NC(=O)c1ncn(Cc2ccccc2)n1. The summed E-state index contributed by atoms with van der Waals surface area (Å²) in [7, 11) is 1.62. The van der Waals surface area contributed by atoms with Gasteiger partial charge in [-0.3, -0.25) is 14.4 Å². The maximum atomic E-state index is 13.3. The number of unbranched alkanes of at least 4 members (excludes halogenated alkanes) is 2. The lowest BCUT2D eigenvalue weighted by molar-refractivity contribution is -0.137. The van der Waals surface area contributed by atoms with Gasteiger partial charge in [-0.05, 0) is 43.5 Å². The lowest BCUT2D eigenvalue weighted by Crippen LogP contribution is -2.53. The molecule has 0 spiro atoms. The van der Waals surface area contributed by atoms with Crippen molar-refractivity contribution in [1.29, 1.82) is 0 Å². The monoisotopic (exact) mass is 515 g/mol. The van der Waals surface area contributed by atoms with Crippen molar-refractivity contribution in [3.8, 4) is 17.6 Å². The second-order valence-corrected chi connectivity index (χ2v) is 9.01. The van der Waals surface area contributed by atoms with Gasteiger partial charge in [-0.25, -0.2) is 9.67 Å². The molecule has 2 atom stereocenters. The standard InChI is InChI=1S/C28H29N5O5/c1-19-25(30-27(36)26-29-18-33(31-26)17-21-11-7-5-8-12-21)28(37)32(2)22-16-20(14-15-23(22)38-19)10-6-3-4-9-13-24(34)35/h5,7-8,11-12,14-16,18-19,25H,3-4,9,13,17H2,1-2H3,(H,30,36)(H,34,35)/t19-,25+/m1/s1. The highest BCUT2D eigenvalue weighted by Gasteiger charge is 2.36. The second kappa shape index (κ2) is 12.1. The van der Waals surface area contributed by atoms with Gasteiger partial charge >= 0.3 is 5.97 Å². The molecule has 2 N–H and O–H groups in total. The van der Waals surface area contributed by atoms with Crippen LogP contribution in [0.25, 0.3) is 0 Å². The van der Waals surface area contributed by atoms with Crippen molar-refractivity contribution in [2.24, 2.45) is 0 Å². The van der Waals surface area contributed by atoms with E-state index in [0.717, 1.165) is 5.56 Å². The first-order valence-corrected chi connectivity index (χ1v) is 12.3. The van der Waals surface area contributed by atoms with Gasteiger partial charge in [0, 0.05) is 25.5 Å². The minimum Gasteiger partial charge on any atom is -0.486 e. The van der Waals surface area contributed by atoms with Crippen molar-refractivity contribution in [3.05, 3.63) is 71.8 Å². The number of hydrogen-bond acceptors (Lipinski definition) is 6. The summed E-state index contributed by atoms with van der Waals surface area (Å²) in [4.78, 5) is 42.4. The first kappa shape index (κ1) is 26.4. The number of aliphatic carboxylic acids is 1. The Morgan fingerprint density at radius 1 is 1.16 bits per heavy atom. The molecular weight excluding hydrogens is 486 g/mol. The number of nitrogens with zero attached hydrogens (tertiary/aromatic N) is 4. The summed E-state index contributed by atoms with van der Waals surface area (Å²) in [6.07, 6.45) is 2.82. The number of fused-ring (bicyclic) bond motifs is 1. The van der Waals surface area contributed by atoms with Gasteiger partial charge < -0.3 is 20.1 Å². The van der Waals surface area contributed by atoms with Crippen molar-refractivity contribution in [2.45, 2.75) is 51.3 Å². The molecule has 0 bridgehead atoms. The van der Waals surface area contributed by atoms with Crippen LogP contribution in [0.4, 0.5) is 5.69 Å². The summed E-state index contributed by atoms with van der Waals surface area (Å²) in [6.45, 7) is 2.19. The summed E-state index contributed by atoms with van der Waals surface area (Å²) >= 11 is 0. The van der Waals surface area contributed by atoms with Crippen LogP contribution in [-0.2, 0) is 16.1 Å². The molecular formula is C28H29N5O5. The first-order valence-electron chi connectivity index (χ1n) is 12.3. The summed E-state index contributed by atoms with van der Waals surface area (Å²) in [5, 5.41) is 15.7. The number of carboxylic acid groups (broad SMARTS) is 1. The van der Waals surface area contributed by atoms with Crippen LogP contribution in [0.3, 0.4) is 0 Å². The highest BCUT2D eigenvalue weighted by atomic mass is 16.5. The Morgan fingerprint density at radius 3 is 2.71 bits per heavy atom. The molecule has 0 saturated carbocycles. The minimum atomic E-state index is -0.954. The topological polar surface area (TPSA) is 127 Å². The molecule has 38 heavy (non-hydrogen) atoms. The molecule has 1 aliphatic heterocycles. The number of carbonyl (C=O) groups excluding carboxylic acids is 2. The molecule has 2 heterocycles. The van der Waals surface area contributed by atoms with Crippen LogP contribution in [0.15, 0.2) is 54.9 Å². The summed E-state index contributed by atoms with van der Waals surface area (Å²) in [5.41, 5.74) is 2.27. The molecule has 10 nitrogen and oxygen atoms in total. The number of hydrogen-bond donors (Lipinski definition) is 2. The first-order chi connectivity index (χ1) is 18.3. The lowest BCUT2D eigenvalue weighted by Gasteiger charge is -2.23. The number of benzene rings is 2. The Hall–Kier alpha value is -4.65. The molecule has 0 fully saturated rings. The summed E-state index contributed by atoms with van der Waals surface area (Å²) < 4.78 is 7.60. The normalized spacial score (nSPS) is 16.5. The highest BCUT2D eigenvalue weighted by Crippen LogP contribution is 2.33. The van der Waals surface area contributed by atoms with Crippen LogP contribution >= 0.6 is 0 Å². The third-order valence-electron chi connectivity index (χ3n) is 6.09. The van der Waals surface area contributed by atoms with Gasteiger partial charge in [0.05, 0.1) is 12.2 Å². The fourth-order valence-electron chi connectivity index (χ4n) is 4.04. The molecule has 0 aliphatic carbocycles. The van der Waals surface area contributed by atoms with Crippen LogP contribution in [0.5, 0.6) is 5.75 Å². The highest BCUT2D eigenvalue weighted by molar-refractivity contribution is 6.02. The Labute approximate surface area is 220 Å². The molecule has 0 saturated heterocycles. The number of carboxylic acids is 1. The summed E-state index contributed by atoms with van der Waals surface area (Å²) in [6, 6.07) is 14.0. The van der Waals surface area contributed by atoms with Crippen LogP contribution in [-0.4, -0.2) is 56.8 Å². The zero-order chi connectivity index (χ0) is 27.1. The molecule has 1 aliphatic rings. The number of aromatic nitrogens is 3. The Balaban J connectivity index is 1.42. The number of likely N-dealkylation sites (N-methyl/N-ethyl adjacent to an activating group) is 1. The molecule has 196 valence electrons. The summed E-state index contributed by atoms with van der Waals surface area (Å²) in [5.74, 6) is 4.84. The van der Waals surface area contributed by atoms with E-state index in [4.69, 9.17) is 9.84 Å². The number of anilines is 1. The number of nitrogens with one attached hydrogen (secondary N) is 1. The van der Waals surface area contributed by atoms with Gasteiger partial charge in [-0.15, -0.1) is 5.10 Å². The van der Waals surface area contributed by atoms with Gasteiger partial charge in [-0.2, -0.15) is 0 Å². The van der Waals surface area contributed by atoms with Crippen molar-refractivity contribution < 1.29 is 24.2 Å². The van der Waals surface area contributed by atoms with Crippen LogP contribution in [0, 0.1) is 11.8 Å². The van der Waals surface area contributed by atoms with Crippen LogP contribution in [0.2, 0.25) is 0 Å². The van der Waals surface area contributed by atoms with Crippen LogP contribution < -0.4 is 15.0 Å². The average Bonchev–Trinajstić information content (AvgIpc) is 3.35.